The standard InChI is InChI=1S/C13H15N3O2/c1-7-5-6-10-12(14-7)16-11(15-10)8-3-2-4-9(8)13(17)18/h5-6,8-9H,2-4H2,1H3,(H,17,18)(H,14,15,16). The quantitative estimate of drug-likeness (QED) is 0.850. The zero-order chi connectivity index (χ0) is 12.7. The zero-order valence-electron chi connectivity index (χ0n) is 10.2. The lowest BCUT2D eigenvalue weighted by Crippen LogP contribution is -2.17. The molecule has 0 bridgehead atoms. The Kier molecular flexibility index (Phi) is 2.54. The van der Waals surface area contributed by atoms with Gasteiger partial charge in [-0.25, -0.2) is 9.97 Å². The summed E-state index contributed by atoms with van der Waals surface area (Å²) in [7, 11) is 0. The molecule has 0 aliphatic heterocycles. The van der Waals surface area contributed by atoms with E-state index in [0.29, 0.717) is 5.65 Å². The van der Waals surface area contributed by atoms with Crippen molar-refractivity contribution in [1.29, 1.82) is 0 Å². The van der Waals surface area contributed by atoms with Crippen LogP contribution in [-0.2, 0) is 4.79 Å². The number of carboxylic acid groups (broad SMARTS) is 1. The highest BCUT2D eigenvalue weighted by Crippen LogP contribution is 2.38. The van der Waals surface area contributed by atoms with Gasteiger partial charge < -0.3 is 10.1 Å². The molecule has 18 heavy (non-hydrogen) atoms. The van der Waals surface area contributed by atoms with Crippen molar-refractivity contribution in [3.63, 3.8) is 0 Å². The van der Waals surface area contributed by atoms with Crippen LogP contribution >= 0.6 is 0 Å². The third kappa shape index (κ3) is 1.75. The van der Waals surface area contributed by atoms with E-state index >= 15 is 0 Å². The van der Waals surface area contributed by atoms with Crippen LogP contribution in [0.15, 0.2) is 12.1 Å². The molecule has 0 saturated heterocycles. The summed E-state index contributed by atoms with van der Waals surface area (Å²) in [6, 6.07) is 3.87. The van der Waals surface area contributed by atoms with Gasteiger partial charge in [0.05, 0.1) is 11.4 Å². The van der Waals surface area contributed by atoms with E-state index < -0.39 is 5.97 Å². The maximum absolute atomic E-state index is 11.2. The van der Waals surface area contributed by atoms with Gasteiger partial charge in [0.1, 0.15) is 5.82 Å². The highest BCUT2D eigenvalue weighted by Gasteiger charge is 2.35. The lowest BCUT2D eigenvalue weighted by molar-refractivity contribution is -0.142. The first kappa shape index (κ1) is 11.2. The minimum Gasteiger partial charge on any atom is -0.481 e. The highest BCUT2D eigenvalue weighted by molar-refractivity contribution is 5.73. The Labute approximate surface area is 104 Å². The number of aryl methyl sites for hydroxylation is 1. The molecule has 2 aromatic heterocycles. The summed E-state index contributed by atoms with van der Waals surface area (Å²) in [4.78, 5) is 23.2. The molecule has 2 atom stereocenters. The number of nitrogens with zero attached hydrogens (tertiary/aromatic N) is 2. The van der Waals surface area contributed by atoms with Crippen molar-refractivity contribution in [2.75, 3.05) is 0 Å². The normalized spacial score (nSPS) is 23.6. The molecule has 1 fully saturated rings. The SMILES string of the molecule is Cc1ccc2[nH]c(C3CCCC3C(=O)O)nc2n1. The number of fused-ring (bicyclic) bond motifs is 1. The van der Waals surface area contributed by atoms with Gasteiger partial charge in [-0.15, -0.1) is 0 Å². The molecule has 0 radical (unpaired) electrons. The van der Waals surface area contributed by atoms with Crippen molar-refractivity contribution in [1.82, 2.24) is 15.0 Å². The Balaban J connectivity index is 2.01. The number of aromatic amines is 1. The number of carboxylic acids is 1. The number of aliphatic carboxylic acids is 1. The summed E-state index contributed by atoms with van der Waals surface area (Å²) in [5.74, 6) is -0.265. The number of pyridine rings is 1. The Bertz CT molecular complexity index is 605. The van der Waals surface area contributed by atoms with Crippen molar-refractivity contribution in [3.05, 3.63) is 23.7 Å². The molecule has 0 spiro atoms. The maximum atomic E-state index is 11.2. The second kappa shape index (κ2) is 4.08. The van der Waals surface area contributed by atoms with Crippen LogP contribution in [0.4, 0.5) is 0 Å². The van der Waals surface area contributed by atoms with Gasteiger partial charge in [0.15, 0.2) is 5.65 Å². The van der Waals surface area contributed by atoms with Crippen molar-refractivity contribution in [2.24, 2.45) is 5.92 Å². The van der Waals surface area contributed by atoms with Gasteiger partial charge in [-0.1, -0.05) is 6.42 Å². The fourth-order valence-electron chi connectivity index (χ4n) is 2.76. The molecule has 2 heterocycles. The van der Waals surface area contributed by atoms with E-state index in [1.54, 1.807) is 0 Å². The molecular formula is C13H15N3O2. The van der Waals surface area contributed by atoms with Gasteiger partial charge in [-0.05, 0) is 31.9 Å². The third-order valence-electron chi connectivity index (χ3n) is 3.69. The van der Waals surface area contributed by atoms with Gasteiger partial charge in [-0.3, -0.25) is 4.79 Å². The first-order chi connectivity index (χ1) is 8.65. The molecule has 1 aliphatic carbocycles. The molecule has 2 unspecified atom stereocenters. The predicted octanol–water partition coefficient (Wildman–Crippen LogP) is 2.23. The molecule has 2 aromatic rings. The number of imidazole rings is 1. The summed E-state index contributed by atoms with van der Waals surface area (Å²) in [5, 5.41) is 9.21. The molecule has 1 saturated carbocycles. The maximum Gasteiger partial charge on any atom is 0.307 e. The van der Waals surface area contributed by atoms with E-state index in [4.69, 9.17) is 0 Å². The van der Waals surface area contributed by atoms with E-state index in [0.717, 1.165) is 36.3 Å². The number of H-pyrrole nitrogens is 1. The van der Waals surface area contributed by atoms with E-state index in [2.05, 4.69) is 15.0 Å². The van der Waals surface area contributed by atoms with Crippen LogP contribution < -0.4 is 0 Å². The van der Waals surface area contributed by atoms with Crippen molar-refractivity contribution in [2.45, 2.75) is 32.1 Å². The van der Waals surface area contributed by atoms with Crippen LogP contribution in [-0.4, -0.2) is 26.0 Å². The van der Waals surface area contributed by atoms with Crippen molar-refractivity contribution >= 4 is 17.1 Å². The van der Waals surface area contributed by atoms with Gasteiger partial charge >= 0.3 is 5.97 Å². The summed E-state index contributed by atoms with van der Waals surface area (Å²) in [5.41, 5.74) is 2.48. The number of aromatic nitrogens is 3. The van der Waals surface area contributed by atoms with Crippen LogP contribution in [0.2, 0.25) is 0 Å². The first-order valence-corrected chi connectivity index (χ1v) is 6.21. The average Bonchev–Trinajstić information content (AvgIpc) is 2.93. The molecule has 3 rings (SSSR count). The average molecular weight is 245 g/mol. The van der Waals surface area contributed by atoms with E-state index in [1.165, 1.54) is 0 Å². The van der Waals surface area contributed by atoms with Gasteiger partial charge in [0.25, 0.3) is 0 Å². The smallest absolute Gasteiger partial charge is 0.307 e. The molecule has 5 nitrogen and oxygen atoms in total. The van der Waals surface area contributed by atoms with E-state index in [9.17, 15) is 9.90 Å². The van der Waals surface area contributed by atoms with Crippen LogP contribution in [0.1, 0.15) is 36.7 Å². The van der Waals surface area contributed by atoms with Crippen molar-refractivity contribution < 1.29 is 9.90 Å². The number of hydrogen-bond donors (Lipinski definition) is 2. The zero-order valence-corrected chi connectivity index (χ0v) is 10.2. The van der Waals surface area contributed by atoms with Crippen LogP contribution in [0.3, 0.4) is 0 Å². The molecule has 0 aromatic carbocycles. The second-order valence-corrected chi connectivity index (χ2v) is 4.93. The monoisotopic (exact) mass is 245 g/mol. The van der Waals surface area contributed by atoms with Gasteiger partial charge in [0, 0.05) is 11.6 Å². The molecule has 0 amide bonds. The fraction of sp³-hybridized carbons (Fsp3) is 0.462. The number of rotatable bonds is 2. The second-order valence-electron chi connectivity index (χ2n) is 4.93. The Morgan fingerprint density at radius 1 is 1.39 bits per heavy atom. The fourth-order valence-corrected chi connectivity index (χ4v) is 2.76. The minimum atomic E-state index is -0.720. The lowest BCUT2D eigenvalue weighted by Gasteiger charge is -2.12. The summed E-state index contributed by atoms with van der Waals surface area (Å²) < 4.78 is 0. The van der Waals surface area contributed by atoms with E-state index in [-0.39, 0.29) is 11.8 Å². The van der Waals surface area contributed by atoms with Crippen LogP contribution in [0.25, 0.3) is 11.2 Å². The Hall–Kier alpha value is -1.91. The molecule has 94 valence electrons. The lowest BCUT2D eigenvalue weighted by atomic mass is 9.96. The van der Waals surface area contributed by atoms with E-state index in [1.807, 2.05) is 19.1 Å². The third-order valence-corrected chi connectivity index (χ3v) is 3.69. The minimum absolute atomic E-state index is 0.00277. The largest absolute Gasteiger partial charge is 0.481 e. The van der Waals surface area contributed by atoms with Gasteiger partial charge in [0.2, 0.25) is 0 Å². The highest BCUT2D eigenvalue weighted by atomic mass is 16.4. The summed E-state index contributed by atoms with van der Waals surface area (Å²) in [6.45, 7) is 1.92. The molecule has 2 N–H and O–H groups in total. The Morgan fingerprint density at radius 3 is 3.00 bits per heavy atom. The van der Waals surface area contributed by atoms with Crippen LogP contribution in [0, 0.1) is 12.8 Å². The van der Waals surface area contributed by atoms with Crippen LogP contribution in [0.5, 0.6) is 0 Å². The molecular weight excluding hydrogens is 230 g/mol. The van der Waals surface area contributed by atoms with Gasteiger partial charge in [-0.2, -0.15) is 0 Å². The first-order valence-electron chi connectivity index (χ1n) is 6.21. The number of hydrogen-bond acceptors (Lipinski definition) is 3. The number of carbonyl (C=O) groups is 1. The predicted molar refractivity (Wildman–Crippen MR) is 66.3 cm³/mol. The number of nitrogens with one attached hydrogen (secondary N) is 1. The summed E-state index contributed by atoms with van der Waals surface area (Å²) in [6.07, 6.45) is 2.57. The molecule has 5 heteroatoms. The summed E-state index contributed by atoms with van der Waals surface area (Å²) >= 11 is 0. The molecule has 1 aliphatic rings. The topological polar surface area (TPSA) is 78.9 Å². The Morgan fingerprint density at radius 2 is 2.22 bits per heavy atom. The van der Waals surface area contributed by atoms with Crippen molar-refractivity contribution in [3.8, 4) is 0 Å².